The van der Waals surface area contributed by atoms with Crippen LogP contribution in [0.1, 0.15) is 61.4 Å². The number of benzene rings is 2. The topological polar surface area (TPSA) is 49.4 Å². The molecule has 0 saturated carbocycles. The van der Waals surface area contributed by atoms with Crippen molar-refractivity contribution in [1.29, 1.82) is 0 Å². The lowest BCUT2D eigenvalue weighted by molar-refractivity contribution is -0.118. The summed E-state index contributed by atoms with van der Waals surface area (Å²) in [4.78, 5) is 26.7. The van der Waals surface area contributed by atoms with Crippen LogP contribution in [0.5, 0.6) is 0 Å². The molecule has 1 aliphatic rings. The normalized spacial score (nSPS) is 15.3. The van der Waals surface area contributed by atoms with E-state index in [0.717, 1.165) is 54.6 Å². The maximum Gasteiger partial charge on any atom is 0.226 e. The van der Waals surface area contributed by atoms with E-state index in [1.54, 1.807) is 0 Å². The predicted molar refractivity (Wildman–Crippen MR) is 126 cm³/mol. The summed E-state index contributed by atoms with van der Waals surface area (Å²) < 4.78 is 0.995. The highest BCUT2D eigenvalue weighted by Gasteiger charge is 2.21. The summed E-state index contributed by atoms with van der Waals surface area (Å²) in [6.45, 7) is 6.89. The zero-order chi connectivity index (χ0) is 21.5. The van der Waals surface area contributed by atoms with Crippen molar-refractivity contribution in [2.75, 3.05) is 25.0 Å². The zero-order valence-corrected chi connectivity index (χ0v) is 19.5. The molecule has 1 heterocycles. The molecule has 0 unspecified atom stereocenters. The number of ketones is 1. The summed E-state index contributed by atoms with van der Waals surface area (Å²) in [5.41, 5.74) is 2.99. The highest BCUT2D eigenvalue weighted by Crippen LogP contribution is 2.29. The minimum Gasteiger partial charge on any atom is -0.326 e. The van der Waals surface area contributed by atoms with Crippen LogP contribution in [0.4, 0.5) is 5.69 Å². The Bertz CT molecular complexity index is 856. The van der Waals surface area contributed by atoms with Gasteiger partial charge in [0.25, 0.3) is 0 Å². The highest BCUT2D eigenvalue weighted by molar-refractivity contribution is 9.10. The van der Waals surface area contributed by atoms with Crippen LogP contribution in [0.15, 0.2) is 53.0 Å². The third kappa shape index (κ3) is 6.51. The first-order chi connectivity index (χ1) is 14.4. The van der Waals surface area contributed by atoms with Crippen LogP contribution in [0.2, 0.25) is 0 Å². The Balaban J connectivity index is 1.43. The maximum absolute atomic E-state index is 12.3. The smallest absolute Gasteiger partial charge is 0.226 e. The quantitative estimate of drug-likeness (QED) is 0.489. The number of likely N-dealkylation sites (tertiary alicyclic amines) is 1. The fraction of sp³-hybridized carbons (Fsp3) is 0.440. The first-order valence-corrected chi connectivity index (χ1v) is 11.6. The van der Waals surface area contributed by atoms with E-state index in [1.165, 1.54) is 5.56 Å². The van der Waals surface area contributed by atoms with Gasteiger partial charge in [-0.15, -0.1) is 0 Å². The van der Waals surface area contributed by atoms with Crippen LogP contribution < -0.4 is 5.32 Å². The second kappa shape index (κ2) is 10.9. The molecule has 0 spiro atoms. The number of piperidine rings is 1. The number of halogens is 1. The molecule has 1 saturated heterocycles. The van der Waals surface area contributed by atoms with Gasteiger partial charge in [0.05, 0.1) is 0 Å². The molecule has 160 valence electrons. The number of rotatable bonds is 8. The van der Waals surface area contributed by atoms with Gasteiger partial charge >= 0.3 is 0 Å². The molecule has 2 aromatic rings. The van der Waals surface area contributed by atoms with E-state index in [4.69, 9.17) is 0 Å². The second-order valence-electron chi connectivity index (χ2n) is 8.42. The van der Waals surface area contributed by atoms with Gasteiger partial charge < -0.3 is 10.2 Å². The standard InChI is InChI=1S/C25H31BrN2O2/c1-18(2)25(30)27-23-6-3-5-21(17-23)19-12-15-28(16-13-19)14-4-7-24(29)20-8-10-22(26)11-9-20/h3,5-6,8-11,17-19H,4,7,12-16H2,1-2H3,(H,27,30). The average molecular weight is 471 g/mol. The molecule has 4 nitrogen and oxygen atoms in total. The summed E-state index contributed by atoms with van der Waals surface area (Å²) in [6, 6.07) is 15.9. The second-order valence-corrected chi connectivity index (χ2v) is 9.33. The Kier molecular flexibility index (Phi) is 8.23. The predicted octanol–water partition coefficient (Wildman–Crippen LogP) is 5.89. The van der Waals surface area contributed by atoms with Crippen molar-refractivity contribution in [3.63, 3.8) is 0 Å². The van der Waals surface area contributed by atoms with E-state index in [2.05, 4.69) is 38.3 Å². The summed E-state index contributed by atoms with van der Waals surface area (Å²) in [7, 11) is 0. The zero-order valence-electron chi connectivity index (χ0n) is 17.9. The minimum absolute atomic E-state index is 0.0208. The Hall–Kier alpha value is -1.98. The number of hydrogen-bond acceptors (Lipinski definition) is 3. The van der Waals surface area contributed by atoms with Gasteiger partial charge in [0, 0.05) is 28.1 Å². The number of carbonyl (C=O) groups excluding carboxylic acids is 2. The maximum atomic E-state index is 12.3. The molecule has 0 aromatic heterocycles. The van der Waals surface area contributed by atoms with Crippen LogP contribution in [-0.2, 0) is 4.79 Å². The minimum atomic E-state index is -0.0208. The summed E-state index contributed by atoms with van der Waals surface area (Å²) in [5.74, 6) is 0.784. The van der Waals surface area contributed by atoms with Crippen LogP contribution in [0.3, 0.4) is 0 Å². The van der Waals surface area contributed by atoms with Crippen LogP contribution >= 0.6 is 15.9 Å². The van der Waals surface area contributed by atoms with E-state index < -0.39 is 0 Å². The van der Waals surface area contributed by atoms with Gasteiger partial charge in [-0.1, -0.05) is 54.0 Å². The number of carbonyl (C=O) groups is 2. The molecular weight excluding hydrogens is 440 g/mol. The van der Waals surface area contributed by atoms with Crippen molar-refractivity contribution in [1.82, 2.24) is 4.90 Å². The Morgan fingerprint density at radius 3 is 2.47 bits per heavy atom. The van der Waals surface area contributed by atoms with Gasteiger partial charge in [-0.3, -0.25) is 9.59 Å². The SMILES string of the molecule is CC(C)C(=O)Nc1cccc(C2CCN(CCCC(=O)c3ccc(Br)cc3)CC2)c1. The highest BCUT2D eigenvalue weighted by atomic mass is 79.9. The van der Waals surface area contributed by atoms with Crippen LogP contribution in [0, 0.1) is 5.92 Å². The molecule has 1 aliphatic heterocycles. The summed E-state index contributed by atoms with van der Waals surface area (Å²) >= 11 is 3.40. The first kappa shape index (κ1) is 22.7. The van der Waals surface area contributed by atoms with Gasteiger partial charge in [0.1, 0.15) is 0 Å². The molecule has 2 aromatic carbocycles. The van der Waals surface area contributed by atoms with Crippen LogP contribution in [0.25, 0.3) is 0 Å². The van der Waals surface area contributed by atoms with Gasteiger partial charge in [0.15, 0.2) is 5.78 Å². The number of Topliss-reactive ketones (excluding diaryl/α,β-unsaturated/α-hetero) is 1. The molecule has 3 rings (SSSR count). The van der Waals surface area contributed by atoms with Gasteiger partial charge in [-0.2, -0.15) is 0 Å². The van der Waals surface area contributed by atoms with Crippen molar-refractivity contribution in [2.24, 2.45) is 5.92 Å². The number of hydrogen-bond donors (Lipinski definition) is 1. The number of nitrogens with zero attached hydrogens (tertiary/aromatic N) is 1. The molecule has 0 radical (unpaired) electrons. The molecule has 1 N–H and O–H groups in total. The largest absolute Gasteiger partial charge is 0.326 e. The molecule has 0 aliphatic carbocycles. The molecule has 30 heavy (non-hydrogen) atoms. The first-order valence-electron chi connectivity index (χ1n) is 10.8. The van der Waals surface area contributed by atoms with Crippen molar-refractivity contribution in [3.8, 4) is 0 Å². The number of anilines is 1. The summed E-state index contributed by atoms with van der Waals surface area (Å²) in [6.07, 6.45) is 3.72. The fourth-order valence-corrected chi connectivity index (χ4v) is 4.15. The lowest BCUT2D eigenvalue weighted by atomic mass is 9.89. The third-order valence-electron chi connectivity index (χ3n) is 5.78. The van der Waals surface area contributed by atoms with Gasteiger partial charge in [-0.25, -0.2) is 0 Å². The Morgan fingerprint density at radius 2 is 1.80 bits per heavy atom. The van der Waals surface area contributed by atoms with Gasteiger partial charge in [-0.05, 0) is 74.6 Å². The van der Waals surface area contributed by atoms with E-state index in [9.17, 15) is 9.59 Å². The van der Waals surface area contributed by atoms with Crippen LogP contribution in [-0.4, -0.2) is 36.2 Å². The van der Waals surface area contributed by atoms with Crippen molar-refractivity contribution in [3.05, 3.63) is 64.1 Å². The monoisotopic (exact) mass is 470 g/mol. The molecule has 1 amide bonds. The lowest BCUT2D eigenvalue weighted by Crippen LogP contribution is -2.33. The third-order valence-corrected chi connectivity index (χ3v) is 6.31. The van der Waals surface area contributed by atoms with E-state index in [1.807, 2.05) is 50.2 Å². The number of amides is 1. The fourth-order valence-electron chi connectivity index (χ4n) is 3.89. The average Bonchev–Trinajstić information content (AvgIpc) is 2.75. The van der Waals surface area contributed by atoms with E-state index >= 15 is 0 Å². The number of nitrogens with one attached hydrogen (secondary N) is 1. The molecule has 5 heteroatoms. The van der Waals surface area contributed by atoms with Crippen molar-refractivity contribution < 1.29 is 9.59 Å². The lowest BCUT2D eigenvalue weighted by Gasteiger charge is -2.32. The molecular formula is C25H31BrN2O2. The molecule has 1 fully saturated rings. The Labute approximate surface area is 188 Å². The van der Waals surface area contributed by atoms with E-state index in [-0.39, 0.29) is 17.6 Å². The summed E-state index contributed by atoms with van der Waals surface area (Å²) in [5, 5.41) is 3.00. The Morgan fingerprint density at radius 1 is 1.10 bits per heavy atom. The molecule has 0 atom stereocenters. The van der Waals surface area contributed by atoms with Crippen molar-refractivity contribution in [2.45, 2.75) is 45.4 Å². The van der Waals surface area contributed by atoms with Crippen molar-refractivity contribution >= 4 is 33.3 Å². The molecule has 0 bridgehead atoms. The van der Waals surface area contributed by atoms with Gasteiger partial charge in [0.2, 0.25) is 5.91 Å². The van der Waals surface area contributed by atoms with E-state index in [0.29, 0.717) is 12.3 Å².